The molecule has 0 amide bonds. The zero-order valence-electron chi connectivity index (χ0n) is 14.9. The molecule has 0 atom stereocenters. The summed E-state index contributed by atoms with van der Waals surface area (Å²) >= 11 is 0. The van der Waals surface area contributed by atoms with Crippen molar-refractivity contribution in [2.24, 2.45) is 5.92 Å². The number of anilines is 1. The molecule has 0 aromatic heterocycles. The molecular weight excluding hydrogens is 286 g/mol. The van der Waals surface area contributed by atoms with E-state index >= 15 is 0 Å². The van der Waals surface area contributed by atoms with Crippen molar-refractivity contribution in [3.05, 3.63) is 30.3 Å². The predicted molar refractivity (Wildman–Crippen MR) is 96.9 cm³/mol. The molecule has 3 nitrogen and oxygen atoms in total. The average molecular weight is 319 g/mol. The highest BCUT2D eigenvalue weighted by Crippen LogP contribution is 2.27. The molecule has 1 aliphatic heterocycles. The Kier molecular flexibility index (Phi) is 8.48. The van der Waals surface area contributed by atoms with Crippen LogP contribution in [-0.4, -0.2) is 32.6 Å². The van der Waals surface area contributed by atoms with E-state index in [-0.39, 0.29) is 6.29 Å². The number of piperidine rings is 1. The summed E-state index contributed by atoms with van der Waals surface area (Å²) in [5.74, 6) is 0.531. The van der Waals surface area contributed by atoms with Gasteiger partial charge in [0.1, 0.15) is 0 Å². The van der Waals surface area contributed by atoms with Crippen LogP contribution in [0, 0.1) is 5.92 Å². The third-order valence-electron chi connectivity index (χ3n) is 4.61. The predicted octanol–water partition coefficient (Wildman–Crippen LogP) is 4.86. The summed E-state index contributed by atoms with van der Waals surface area (Å²) in [5.41, 5.74) is 1.33. The van der Waals surface area contributed by atoms with Gasteiger partial charge in [-0.1, -0.05) is 44.9 Å². The van der Waals surface area contributed by atoms with Crippen molar-refractivity contribution in [2.75, 3.05) is 31.2 Å². The molecule has 1 aromatic rings. The van der Waals surface area contributed by atoms with Gasteiger partial charge in [0, 0.05) is 37.9 Å². The molecule has 0 unspecified atom stereocenters. The lowest BCUT2D eigenvalue weighted by Crippen LogP contribution is -2.40. The molecule has 0 aliphatic carbocycles. The largest absolute Gasteiger partial charge is 0.372 e. The molecule has 1 saturated heterocycles. The van der Waals surface area contributed by atoms with Crippen LogP contribution in [0.2, 0.25) is 0 Å². The van der Waals surface area contributed by atoms with E-state index in [2.05, 4.69) is 49.1 Å². The van der Waals surface area contributed by atoms with E-state index in [9.17, 15) is 0 Å². The lowest BCUT2D eigenvalue weighted by Gasteiger charge is -2.37. The highest BCUT2D eigenvalue weighted by atomic mass is 16.7. The van der Waals surface area contributed by atoms with Crippen molar-refractivity contribution in [1.29, 1.82) is 0 Å². The van der Waals surface area contributed by atoms with Crippen LogP contribution in [0.5, 0.6) is 0 Å². The van der Waals surface area contributed by atoms with Crippen LogP contribution in [-0.2, 0) is 9.47 Å². The van der Waals surface area contributed by atoms with Gasteiger partial charge in [-0.05, 0) is 37.8 Å². The smallest absolute Gasteiger partial charge is 0.160 e. The van der Waals surface area contributed by atoms with Crippen molar-refractivity contribution in [3.8, 4) is 0 Å². The number of para-hydroxylation sites is 1. The van der Waals surface area contributed by atoms with Crippen molar-refractivity contribution in [3.63, 3.8) is 0 Å². The van der Waals surface area contributed by atoms with Gasteiger partial charge >= 0.3 is 0 Å². The van der Waals surface area contributed by atoms with Crippen LogP contribution >= 0.6 is 0 Å². The molecule has 2 rings (SSSR count). The second-order valence-corrected chi connectivity index (χ2v) is 6.48. The minimum atomic E-state index is -0.00831. The third-order valence-corrected chi connectivity index (χ3v) is 4.61. The van der Waals surface area contributed by atoms with Crippen molar-refractivity contribution in [1.82, 2.24) is 0 Å². The van der Waals surface area contributed by atoms with Crippen LogP contribution in [0.15, 0.2) is 30.3 Å². The molecular formula is C20H33NO2. The van der Waals surface area contributed by atoms with Crippen LogP contribution in [0.3, 0.4) is 0 Å². The Morgan fingerprint density at radius 2 is 1.52 bits per heavy atom. The Balaban J connectivity index is 1.82. The van der Waals surface area contributed by atoms with Crippen molar-refractivity contribution >= 4 is 5.69 Å². The van der Waals surface area contributed by atoms with E-state index in [1.165, 1.54) is 18.5 Å². The fraction of sp³-hybridized carbons (Fsp3) is 0.700. The Bertz CT molecular complexity index is 391. The normalized spacial score (nSPS) is 16.2. The topological polar surface area (TPSA) is 21.7 Å². The van der Waals surface area contributed by atoms with Gasteiger partial charge in [-0.3, -0.25) is 0 Å². The van der Waals surface area contributed by atoms with Crippen molar-refractivity contribution < 1.29 is 9.47 Å². The Morgan fingerprint density at radius 3 is 2.04 bits per heavy atom. The van der Waals surface area contributed by atoms with E-state index in [0.717, 1.165) is 52.0 Å². The second-order valence-electron chi connectivity index (χ2n) is 6.48. The van der Waals surface area contributed by atoms with Gasteiger partial charge < -0.3 is 14.4 Å². The number of benzene rings is 1. The quantitative estimate of drug-likeness (QED) is 0.454. The number of unbranched alkanes of at least 4 members (excludes halogenated alkanes) is 2. The first kappa shape index (κ1) is 18.3. The number of hydrogen-bond donors (Lipinski definition) is 0. The Hall–Kier alpha value is -1.06. The SMILES string of the molecule is CCCCOC(OCCCC)C1CCN(c2ccccc2)CC1. The van der Waals surface area contributed by atoms with E-state index in [1.54, 1.807) is 0 Å². The highest BCUT2D eigenvalue weighted by molar-refractivity contribution is 5.46. The van der Waals surface area contributed by atoms with Crippen LogP contribution < -0.4 is 4.90 Å². The number of ether oxygens (including phenoxy) is 2. The Labute approximate surface area is 142 Å². The molecule has 0 spiro atoms. The summed E-state index contributed by atoms with van der Waals surface area (Å²) < 4.78 is 12.1. The van der Waals surface area contributed by atoms with Crippen molar-refractivity contribution in [2.45, 2.75) is 58.7 Å². The van der Waals surface area contributed by atoms with Gasteiger partial charge in [0.25, 0.3) is 0 Å². The summed E-state index contributed by atoms with van der Waals surface area (Å²) in [7, 11) is 0. The third kappa shape index (κ3) is 6.15. The van der Waals surface area contributed by atoms with Crippen LogP contribution in [0.25, 0.3) is 0 Å². The van der Waals surface area contributed by atoms with Gasteiger partial charge in [-0.25, -0.2) is 0 Å². The maximum Gasteiger partial charge on any atom is 0.160 e. The molecule has 23 heavy (non-hydrogen) atoms. The first-order valence-corrected chi connectivity index (χ1v) is 9.38. The summed E-state index contributed by atoms with van der Waals surface area (Å²) in [4.78, 5) is 2.48. The van der Waals surface area contributed by atoms with E-state index in [4.69, 9.17) is 9.47 Å². The highest BCUT2D eigenvalue weighted by Gasteiger charge is 2.27. The zero-order chi connectivity index (χ0) is 16.3. The van der Waals surface area contributed by atoms with Gasteiger partial charge in [0.15, 0.2) is 6.29 Å². The first-order chi connectivity index (χ1) is 11.3. The molecule has 0 radical (unpaired) electrons. The van der Waals surface area contributed by atoms with Gasteiger partial charge in [-0.2, -0.15) is 0 Å². The molecule has 3 heteroatoms. The lowest BCUT2D eigenvalue weighted by atomic mass is 9.95. The lowest BCUT2D eigenvalue weighted by molar-refractivity contribution is -0.177. The van der Waals surface area contributed by atoms with Gasteiger partial charge in [0.2, 0.25) is 0 Å². The number of hydrogen-bond acceptors (Lipinski definition) is 3. The maximum absolute atomic E-state index is 6.07. The Morgan fingerprint density at radius 1 is 0.957 bits per heavy atom. The average Bonchev–Trinajstić information content (AvgIpc) is 2.62. The van der Waals surface area contributed by atoms with Gasteiger partial charge in [0.05, 0.1) is 0 Å². The van der Waals surface area contributed by atoms with E-state index in [1.807, 2.05) is 0 Å². The second kappa shape index (κ2) is 10.7. The van der Waals surface area contributed by atoms with Crippen LogP contribution in [0.4, 0.5) is 5.69 Å². The molecule has 0 saturated carbocycles. The minimum Gasteiger partial charge on any atom is -0.372 e. The monoisotopic (exact) mass is 319 g/mol. The molecule has 0 N–H and O–H groups in total. The first-order valence-electron chi connectivity index (χ1n) is 9.38. The molecule has 1 aliphatic rings. The van der Waals surface area contributed by atoms with Gasteiger partial charge in [-0.15, -0.1) is 0 Å². The molecule has 1 fully saturated rings. The molecule has 130 valence electrons. The zero-order valence-corrected chi connectivity index (χ0v) is 14.9. The maximum atomic E-state index is 6.07. The number of nitrogens with zero attached hydrogens (tertiary/aromatic N) is 1. The summed E-state index contributed by atoms with van der Waals surface area (Å²) in [5, 5.41) is 0. The fourth-order valence-electron chi connectivity index (χ4n) is 3.08. The fourth-order valence-corrected chi connectivity index (χ4v) is 3.08. The molecule has 1 heterocycles. The standard InChI is InChI=1S/C20H33NO2/c1-3-5-16-22-20(23-17-6-4-2)18-12-14-21(15-13-18)19-10-8-7-9-11-19/h7-11,18,20H,3-6,12-17H2,1-2H3. The summed E-state index contributed by atoms with van der Waals surface area (Å²) in [6, 6.07) is 10.7. The van der Waals surface area contributed by atoms with Crippen LogP contribution in [0.1, 0.15) is 52.4 Å². The molecule has 0 bridgehead atoms. The molecule has 1 aromatic carbocycles. The number of rotatable bonds is 10. The summed E-state index contributed by atoms with van der Waals surface area (Å²) in [6.07, 6.45) is 6.89. The van der Waals surface area contributed by atoms with E-state index < -0.39 is 0 Å². The summed E-state index contributed by atoms with van der Waals surface area (Å²) in [6.45, 7) is 8.25. The van der Waals surface area contributed by atoms with E-state index in [0.29, 0.717) is 5.92 Å². The minimum absolute atomic E-state index is 0.00831.